The third kappa shape index (κ3) is 3.83. The summed E-state index contributed by atoms with van der Waals surface area (Å²) in [5.74, 6) is -0.236. The van der Waals surface area contributed by atoms with E-state index in [9.17, 15) is 9.18 Å². The van der Waals surface area contributed by atoms with Gasteiger partial charge in [-0.15, -0.1) is 0 Å². The molecule has 116 valence electrons. The Bertz CT molecular complexity index is 800. The lowest BCUT2D eigenvalue weighted by Gasteiger charge is -2.03. The van der Waals surface area contributed by atoms with Crippen molar-refractivity contribution >= 4 is 5.91 Å². The molecular weight excluding hydrogens is 295 g/mol. The summed E-state index contributed by atoms with van der Waals surface area (Å²) >= 11 is 0. The lowest BCUT2D eigenvalue weighted by Crippen LogP contribution is -2.24. The lowest BCUT2D eigenvalue weighted by atomic mass is 10.1. The fourth-order valence-corrected chi connectivity index (χ4v) is 2.21. The Balaban J connectivity index is 1.61. The first-order chi connectivity index (χ1) is 11.2. The molecule has 0 aliphatic rings. The van der Waals surface area contributed by atoms with E-state index in [0.29, 0.717) is 23.6 Å². The van der Waals surface area contributed by atoms with Crippen LogP contribution in [-0.4, -0.2) is 11.1 Å². The monoisotopic (exact) mass is 310 g/mol. The van der Waals surface area contributed by atoms with E-state index in [-0.39, 0.29) is 18.1 Å². The summed E-state index contributed by atoms with van der Waals surface area (Å²) in [4.78, 5) is 11.9. The Morgan fingerprint density at radius 3 is 2.61 bits per heavy atom. The van der Waals surface area contributed by atoms with Gasteiger partial charge in [-0.2, -0.15) is 0 Å². The molecular formula is C18H15FN2O2. The topological polar surface area (TPSA) is 55.1 Å². The van der Waals surface area contributed by atoms with Gasteiger partial charge in [0, 0.05) is 12.6 Å². The summed E-state index contributed by atoms with van der Waals surface area (Å²) in [6, 6.07) is 17.5. The Hall–Kier alpha value is -2.95. The number of hydrogen-bond acceptors (Lipinski definition) is 3. The van der Waals surface area contributed by atoms with Crippen LogP contribution in [0.1, 0.15) is 11.3 Å². The van der Waals surface area contributed by atoms with Gasteiger partial charge in [-0.1, -0.05) is 47.6 Å². The van der Waals surface area contributed by atoms with Gasteiger partial charge in [-0.3, -0.25) is 4.79 Å². The van der Waals surface area contributed by atoms with Gasteiger partial charge in [0.1, 0.15) is 5.82 Å². The fraction of sp³-hybridized carbons (Fsp3) is 0.111. The molecule has 3 aromatic rings. The van der Waals surface area contributed by atoms with E-state index in [0.717, 1.165) is 5.56 Å². The van der Waals surface area contributed by atoms with Gasteiger partial charge in [-0.25, -0.2) is 4.39 Å². The number of nitrogens with zero attached hydrogens (tertiary/aromatic N) is 1. The van der Waals surface area contributed by atoms with Crippen molar-refractivity contribution in [2.24, 2.45) is 0 Å². The van der Waals surface area contributed by atoms with Crippen molar-refractivity contribution in [3.8, 4) is 11.3 Å². The molecule has 0 atom stereocenters. The standard InChI is InChI=1S/C18H15FN2O2/c19-16-9-5-4-8-15(16)17-10-14(21-23-17)11-18(22)20-12-13-6-2-1-3-7-13/h1-10H,11-12H2,(H,20,22). The van der Waals surface area contributed by atoms with Crippen molar-refractivity contribution < 1.29 is 13.7 Å². The zero-order valence-electron chi connectivity index (χ0n) is 12.3. The minimum absolute atomic E-state index is 0.0881. The first-order valence-electron chi connectivity index (χ1n) is 7.23. The highest BCUT2D eigenvalue weighted by Gasteiger charge is 2.13. The third-order valence-electron chi connectivity index (χ3n) is 3.37. The van der Waals surface area contributed by atoms with E-state index in [2.05, 4.69) is 10.5 Å². The van der Waals surface area contributed by atoms with Gasteiger partial charge in [-0.05, 0) is 17.7 Å². The number of halogens is 1. The van der Waals surface area contributed by atoms with Crippen molar-refractivity contribution in [1.82, 2.24) is 10.5 Å². The molecule has 0 saturated carbocycles. The van der Waals surface area contributed by atoms with Gasteiger partial charge in [0.25, 0.3) is 0 Å². The summed E-state index contributed by atoms with van der Waals surface area (Å²) in [6.07, 6.45) is 0.0881. The van der Waals surface area contributed by atoms with Crippen molar-refractivity contribution in [2.75, 3.05) is 0 Å². The molecule has 1 amide bonds. The van der Waals surface area contributed by atoms with E-state index in [1.807, 2.05) is 30.3 Å². The van der Waals surface area contributed by atoms with E-state index < -0.39 is 0 Å². The van der Waals surface area contributed by atoms with Crippen molar-refractivity contribution in [3.63, 3.8) is 0 Å². The highest BCUT2D eigenvalue weighted by atomic mass is 19.1. The minimum atomic E-state index is -0.385. The van der Waals surface area contributed by atoms with E-state index in [4.69, 9.17) is 4.52 Å². The van der Waals surface area contributed by atoms with Crippen LogP contribution in [0.25, 0.3) is 11.3 Å². The van der Waals surface area contributed by atoms with Crippen LogP contribution in [0.5, 0.6) is 0 Å². The lowest BCUT2D eigenvalue weighted by molar-refractivity contribution is -0.120. The molecule has 0 aliphatic heterocycles. The number of nitrogens with one attached hydrogen (secondary N) is 1. The first-order valence-corrected chi connectivity index (χ1v) is 7.23. The van der Waals surface area contributed by atoms with Gasteiger partial charge in [0.05, 0.1) is 17.7 Å². The fourth-order valence-electron chi connectivity index (χ4n) is 2.21. The maximum Gasteiger partial charge on any atom is 0.226 e. The summed E-state index contributed by atoms with van der Waals surface area (Å²) < 4.78 is 18.8. The van der Waals surface area contributed by atoms with Crippen molar-refractivity contribution in [2.45, 2.75) is 13.0 Å². The zero-order valence-corrected chi connectivity index (χ0v) is 12.3. The average molecular weight is 310 g/mol. The molecule has 0 fully saturated rings. The quantitative estimate of drug-likeness (QED) is 0.786. The normalized spacial score (nSPS) is 10.5. The minimum Gasteiger partial charge on any atom is -0.356 e. The van der Waals surface area contributed by atoms with Crippen LogP contribution < -0.4 is 5.32 Å². The molecule has 0 unspecified atom stereocenters. The number of benzene rings is 2. The van der Waals surface area contributed by atoms with Gasteiger partial charge in [0.2, 0.25) is 5.91 Å². The van der Waals surface area contributed by atoms with Crippen molar-refractivity contribution in [3.05, 3.63) is 77.7 Å². The molecule has 4 nitrogen and oxygen atoms in total. The van der Waals surface area contributed by atoms with E-state index in [1.165, 1.54) is 6.07 Å². The van der Waals surface area contributed by atoms with Crippen LogP contribution in [-0.2, 0) is 17.8 Å². The van der Waals surface area contributed by atoms with Crippen LogP contribution in [0.3, 0.4) is 0 Å². The van der Waals surface area contributed by atoms with Gasteiger partial charge >= 0.3 is 0 Å². The predicted molar refractivity (Wildman–Crippen MR) is 83.9 cm³/mol. The second-order valence-electron chi connectivity index (χ2n) is 5.10. The molecule has 2 aromatic carbocycles. The smallest absolute Gasteiger partial charge is 0.226 e. The third-order valence-corrected chi connectivity index (χ3v) is 3.37. The molecule has 0 saturated heterocycles. The number of rotatable bonds is 5. The average Bonchev–Trinajstić information content (AvgIpc) is 3.02. The number of amides is 1. The highest BCUT2D eigenvalue weighted by molar-refractivity contribution is 5.78. The molecule has 0 radical (unpaired) electrons. The Kier molecular flexibility index (Phi) is 4.47. The number of aromatic nitrogens is 1. The molecule has 1 heterocycles. The van der Waals surface area contributed by atoms with Gasteiger partial charge in [0.15, 0.2) is 5.76 Å². The molecule has 23 heavy (non-hydrogen) atoms. The highest BCUT2D eigenvalue weighted by Crippen LogP contribution is 2.23. The van der Waals surface area contributed by atoms with Crippen LogP contribution in [0, 0.1) is 5.82 Å². The molecule has 3 rings (SSSR count). The Morgan fingerprint density at radius 2 is 1.83 bits per heavy atom. The summed E-state index contributed by atoms with van der Waals surface area (Å²) in [5.41, 5.74) is 1.82. The molecule has 0 bridgehead atoms. The molecule has 5 heteroatoms. The summed E-state index contributed by atoms with van der Waals surface area (Å²) in [7, 11) is 0. The van der Waals surface area contributed by atoms with Crippen LogP contribution in [0.4, 0.5) is 4.39 Å². The van der Waals surface area contributed by atoms with E-state index >= 15 is 0 Å². The Morgan fingerprint density at radius 1 is 1.09 bits per heavy atom. The summed E-state index contributed by atoms with van der Waals surface area (Å²) in [6.45, 7) is 0.456. The molecule has 1 N–H and O–H groups in total. The zero-order chi connectivity index (χ0) is 16.1. The first kappa shape index (κ1) is 15.0. The molecule has 0 aliphatic carbocycles. The largest absolute Gasteiger partial charge is 0.356 e. The van der Waals surface area contributed by atoms with Crippen LogP contribution >= 0.6 is 0 Å². The predicted octanol–water partition coefficient (Wildman–Crippen LogP) is 3.34. The van der Waals surface area contributed by atoms with Crippen LogP contribution in [0.15, 0.2) is 65.2 Å². The maximum absolute atomic E-state index is 13.7. The second kappa shape index (κ2) is 6.87. The van der Waals surface area contributed by atoms with Crippen molar-refractivity contribution in [1.29, 1.82) is 0 Å². The number of hydrogen-bond donors (Lipinski definition) is 1. The maximum atomic E-state index is 13.7. The molecule has 1 aromatic heterocycles. The van der Waals surface area contributed by atoms with Gasteiger partial charge < -0.3 is 9.84 Å². The molecule has 0 spiro atoms. The summed E-state index contributed by atoms with van der Waals surface area (Å²) in [5, 5.41) is 6.64. The number of carbonyl (C=O) groups is 1. The van der Waals surface area contributed by atoms with E-state index in [1.54, 1.807) is 24.3 Å². The second-order valence-corrected chi connectivity index (χ2v) is 5.10. The number of carbonyl (C=O) groups excluding carboxylic acids is 1. The Labute approximate surface area is 132 Å². The van der Waals surface area contributed by atoms with Crippen LogP contribution in [0.2, 0.25) is 0 Å². The SMILES string of the molecule is O=C(Cc1cc(-c2ccccc2F)on1)NCc1ccccc1.